The molecule has 106 valence electrons. The number of unbranched alkanes of at least 4 members (excludes halogenated alkanes) is 2. The van der Waals surface area contributed by atoms with Crippen LogP contribution in [0.15, 0.2) is 30.5 Å². The Morgan fingerprint density at radius 2 is 2.15 bits per heavy atom. The zero-order chi connectivity index (χ0) is 14.2. The number of benzene rings is 1. The molecule has 0 aliphatic carbocycles. The van der Waals surface area contributed by atoms with Crippen molar-refractivity contribution in [1.29, 1.82) is 5.26 Å². The summed E-state index contributed by atoms with van der Waals surface area (Å²) in [5, 5.41) is 13.3. The summed E-state index contributed by atoms with van der Waals surface area (Å²) in [6.45, 7) is 5.18. The fraction of sp³-hybridized carbons (Fsp3) is 0.471. The lowest BCUT2D eigenvalue weighted by molar-refractivity contribution is 0.631. The van der Waals surface area contributed by atoms with Crippen molar-refractivity contribution in [2.24, 2.45) is 0 Å². The normalized spacial score (nSPS) is 10.8. The van der Waals surface area contributed by atoms with E-state index in [1.54, 1.807) is 0 Å². The van der Waals surface area contributed by atoms with E-state index in [0.717, 1.165) is 38.9 Å². The van der Waals surface area contributed by atoms with Crippen molar-refractivity contribution >= 4 is 10.9 Å². The summed E-state index contributed by atoms with van der Waals surface area (Å²) >= 11 is 0. The van der Waals surface area contributed by atoms with E-state index in [4.69, 9.17) is 5.26 Å². The summed E-state index contributed by atoms with van der Waals surface area (Å²) in [7, 11) is 0. The number of hydrogen-bond acceptors (Lipinski definition) is 2. The number of fused-ring (bicyclic) bond motifs is 1. The molecule has 0 spiro atoms. The van der Waals surface area contributed by atoms with Gasteiger partial charge in [0.15, 0.2) is 0 Å². The Labute approximate surface area is 121 Å². The highest BCUT2D eigenvalue weighted by atomic mass is 14.9. The van der Waals surface area contributed by atoms with Crippen molar-refractivity contribution in [3.05, 3.63) is 36.0 Å². The highest BCUT2D eigenvalue weighted by molar-refractivity contribution is 5.80. The number of aromatic nitrogens is 1. The molecule has 1 N–H and O–H groups in total. The van der Waals surface area contributed by atoms with Crippen LogP contribution >= 0.6 is 0 Å². The van der Waals surface area contributed by atoms with Gasteiger partial charge in [0.25, 0.3) is 0 Å². The van der Waals surface area contributed by atoms with Crippen molar-refractivity contribution in [2.75, 3.05) is 6.54 Å². The van der Waals surface area contributed by atoms with Crippen molar-refractivity contribution in [3.63, 3.8) is 0 Å². The third-order valence-corrected chi connectivity index (χ3v) is 3.53. The van der Waals surface area contributed by atoms with Crippen LogP contribution in [0.25, 0.3) is 10.9 Å². The molecule has 0 unspecified atom stereocenters. The number of rotatable bonds is 8. The van der Waals surface area contributed by atoms with E-state index in [-0.39, 0.29) is 0 Å². The molecule has 0 saturated carbocycles. The van der Waals surface area contributed by atoms with Crippen LogP contribution in [0.5, 0.6) is 0 Å². The second-order valence-electron chi connectivity index (χ2n) is 5.19. The molecule has 0 fully saturated rings. The second kappa shape index (κ2) is 7.72. The Balaban J connectivity index is 2.03. The van der Waals surface area contributed by atoms with Gasteiger partial charge in [-0.2, -0.15) is 5.26 Å². The lowest BCUT2D eigenvalue weighted by Gasteiger charge is -2.07. The van der Waals surface area contributed by atoms with Crippen LogP contribution in [0, 0.1) is 11.3 Å². The summed E-state index contributed by atoms with van der Waals surface area (Å²) in [5.41, 5.74) is 2.64. The highest BCUT2D eigenvalue weighted by Crippen LogP contribution is 2.18. The minimum absolute atomic E-state index is 0.658. The average molecular weight is 269 g/mol. The quantitative estimate of drug-likeness (QED) is 0.740. The van der Waals surface area contributed by atoms with Crippen LogP contribution in [0.1, 0.15) is 38.2 Å². The highest BCUT2D eigenvalue weighted by Gasteiger charge is 2.02. The van der Waals surface area contributed by atoms with E-state index in [9.17, 15) is 0 Å². The van der Waals surface area contributed by atoms with Gasteiger partial charge in [0, 0.05) is 31.2 Å². The SMILES string of the molecule is CCCNCc1ccc2ccn(CCCCC#N)c2c1. The zero-order valence-electron chi connectivity index (χ0n) is 12.2. The van der Waals surface area contributed by atoms with Gasteiger partial charge in [-0.3, -0.25) is 0 Å². The maximum atomic E-state index is 8.57. The van der Waals surface area contributed by atoms with E-state index in [1.165, 1.54) is 16.5 Å². The van der Waals surface area contributed by atoms with Gasteiger partial charge in [0.1, 0.15) is 0 Å². The van der Waals surface area contributed by atoms with E-state index in [1.807, 2.05) is 0 Å². The molecule has 3 heteroatoms. The molecule has 0 aliphatic heterocycles. The second-order valence-corrected chi connectivity index (χ2v) is 5.19. The van der Waals surface area contributed by atoms with Gasteiger partial charge in [-0.25, -0.2) is 0 Å². The van der Waals surface area contributed by atoms with Crippen molar-refractivity contribution in [3.8, 4) is 6.07 Å². The summed E-state index contributed by atoms with van der Waals surface area (Å²) in [6, 6.07) is 11.1. The van der Waals surface area contributed by atoms with Crippen molar-refractivity contribution in [2.45, 2.75) is 45.7 Å². The first-order valence-electron chi connectivity index (χ1n) is 7.50. The molecule has 1 aromatic carbocycles. The third kappa shape index (κ3) is 3.85. The minimum atomic E-state index is 0.658. The van der Waals surface area contributed by atoms with Gasteiger partial charge >= 0.3 is 0 Å². The first-order valence-corrected chi connectivity index (χ1v) is 7.50. The van der Waals surface area contributed by atoms with Crippen molar-refractivity contribution in [1.82, 2.24) is 9.88 Å². The molecule has 0 radical (unpaired) electrons. The van der Waals surface area contributed by atoms with Gasteiger partial charge in [-0.1, -0.05) is 19.1 Å². The fourth-order valence-corrected chi connectivity index (χ4v) is 2.43. The van der Waals surface area contributed by atoms with Crippen LogP contribution in [0.2, 0.25) is 0 Å². The molecule has 1 heterocycles. The van der Waals surface area contributed by atoms with Crippen LogP contribution in [0.4, 0.5) is 0 Å². The predicted octanol–water partition coefficient (Wildman–Crippen LogP) is 3.83. The number of aryl methyl sites for hydroxylation is 1. The van der Waals surface area contributed by atoms with Gasteiger partial charge in [0.2, 0.25) is 0 Å². The Hall–Kier alpha value is -1.79. The van der Waals surface area contributed by atoms with Crippen LogP contribution < -0.4 is 5.32 Å². The van der Waals surface area contributed by atoms with E-state index in [2.05, 4.69) is 53.3 Å². The molecule has 2 rings (SSSR count). The molecule has 3 nitrogen and oxygen atoms in total. The molecule has 2 aromatic rings. The summed E-state index contributed by atoms with van der Waals surface area (Å²) in [6.07, 6.45) is 6.02. The number of nitriles is 1. The Bertz CT molecular complexity index is 577. The molecule has 0 amide bonds. The van der Waals surface area contributed by atoms with Gasteiger partial charge in [-0.15, -0.1) is 0 Å². The lowest BCUT2D eigenvalue weighted by atomic mass is 10.1. The third-order valence-electron chi connectivity index (χ3n) is 3.53. The van der Waals surface area contributed by atoms with Crippen LogP contribution in [-0.4, -0.2) is 11.1 Å². The maximum absolute atomic E-state index is 8.57. The topological polar surface area (TPSA) is 40.8 Å². The average Bonchev–Trinajstić information content (AvgIpc) is 2.87. The van der Waals surface area contributed by atoms with Gasteiger partial charge in [0.05, 0.1) is 6.07 Å². The van der Waals surface area contributed by atoms with E-state index < -0.39 is 0 Å². The summed E-state index contributed by atoms with van der Waals surface area (Å²) in [5.74, 6) is 0. The Morgan fingerprint density at radius 3 is 2.95 bits per heavy atom. The maximum Gasteiger partial charge on any atom is 0.0621 e. The molecule has 1 aromatic heterocycles. The standard InChI is InChI=1S/C17H23N3/c1-2-10-19-14-15-6-7-16-8-12-20(17(16)13-15)11-5-3-4-9-18/h6-8,12-13,19H,2-5,10-11,14H2,1H3. The fourth-order valence-electron chi connectivity index (χ4n) is 2.43. The van der Waals surface area contributed by atoms with Crippen LogP contribution in [0.3, 0.4) is 0 Å². The molecule has 20 heavy (non-hydrogen) atoms. The molecule has 0 aliphatic rings. The molecule has 0 saturated heterocycles. The molecule has 0 atom stereocenters. The summed E-state index contributed by atoms with van der Waals surface area (Å²) in [4.78, 5) is 0. The molecular formula is C17H23N3. The Kier molecular flexibility index (Phi) is 5.64. The lowest BCUT2D eigenvalue weighted by Crippen LogP contribution is -2.13. The molecular weight excluding hydrogens is 246 g/mol. The summed E-state index contributed by atoms with van der Waals surface area (Å²) < 4.78 is 2.30. The number of nitrogens with zero attached hydrogens (tertiary/aromatic N) is 2. The zero-order valence-corrected chi connectivity index (χ0v) is 12.2. The van der Waals surface area contributed by atoms with E-state index >= 15 is 0 Å². The number of nitrogens with one attached hydrogen (secondary N) is 1. The minimum Gasteiger partial charge on any atom is -0.347 e. The first kappa shape index (κ1) is 14.6. The van der Waals surface area contributed by atoms with Crippen LogP contribution in [-0.2, 0) is 13.1 Å². The largest absolute Gasteiger partial charge is 0.347 e. The molecule has 0 bridgehead atoms. The first-order chi connectivity index (χ1) is 9.85. The van der Waals surface area contributed by atoms with Gasteiger partial charge < -0.3 is 9.88 Å². The van der Waals surface area contributed by atoms with Gasteiger partial charge in [-0.05, 0) is 48.9 Å². The predicted molar refractivity (Wildman–Crippen MR) is 83.4 cm³/mol. The van der Waals surface area contributed by atoms with Crippen molar-refractivity contribution < 1.29 is 0 Å². The monoisotopic (exact) mass is 269 g/mol. The smallest absolute Gasteiger partial charge is 0.0621 e. The number of hydrogen-bond donors (Lipinski definition) is 1. The Morgan fingerprint density at radius 1 is 1.25 bits per heavy atom. The van der Waals surface area contributed by atoms with E-state index in [0.29, 0.717) is 6.42 Å².